The largest absolute Gasteiger partial charge is 0.497 e. The number of sulfonamides is 1. The number of ether oxygens (including phenoxy) is 1. The van der Waals surface area contributed by atoms with Crippen molar-refractivity contribution in [1.29, 1.82) is 0 Å². The number of nitrogens with one attached hydrogen (secondary N) is 1. The third-order valence-corrected chi connectivity index (χ3v) is 6.87. The zero-order chi connectivity index (χ0) is 24.6. The van der Waals surface area contributed by atoms with Crippen LogP contribution in [-0.4, -0.2) is 35.0 Å². The Labute approximate surface area is 203 Å². The second-order valence-electron chi connectivity index (χ2n) is 8.06. The molecule has 0 radical (unpaired) electrons. The summed E-state index contributed by atoms with van der Waals surface area (Å²) in [6, 6.07) is 23.9. The van der Waals surface area contributed by atoms with E-state index in [0.717, 1.165) is 33.9 Å². The predicted molar refractivity (Wildman–Crippen MR) is 135 cm³/mol. The van der Waals surface area contributed by atoms with Crippen molar-refractivity contribution in [2.45, 2.75) is 18.7 Å². The summed E-state index contributed by atoms with van der Waals surface area (Å²) in [5.74, 6) is 1.55. The minimum absolute atomic E-state index is 0.0500. The quantitative estimate of drug-likeness (QED) is 0.367. The molecule has 0 amide bonds. The number of imidazole rings is 1. The minimum Gasteiger partial charge on any atom is -0.497 e. The van der Waals surface area contributed by atoms with Gasteiger partial charge in [-0.05, 0) is 80.6 Å². The maximum Gasteiger partial charge on any atom is 0.264 e. The monoisotopic (exact) mass is 485 g/mol. The maximum atomic E-state index is 13.0. The van der Waals surface area contributed by atoms with Crippen LogP contribution >= 0.6 is 0 Å². The van der Waals surface area contributed by atoms with Crippen LogP contribution in [0.15, 0.2) is 83.8 Å². The number of aryl methyl sites for hydroxylation is 2. The molecule has 0 aliphatic heterocycles. The fourth-order valence-corrected chi connectivity index (χ4v) is 4.89. The first-order chi connectivity index (χ1) is 16.8. The van der Waals surface area contributed by atoms with Crippen LogP contribution in [0.5, 0.6) is 5.75 Å². The molecule has 8 nitrogen and oxygen atoms in total. The molecule has 0 unspecified atom stereocenters. The molecule has 0 atom stereocenters. The molecular formula is C26H23N5O3S. The topological polar surface area (TPSA) is 99.0 Å². The van der Waals surface area contributed by atoms with Crippen LogP contribution < -0.4 is 9.46 Å². The standard InChI is InChI=1S/C26H23N5O3S/c1-17-16-18(2)28-26(27-17)30-35(32,33)22-14-10-20(11-15-22)31-24-7-5-4-6-23(24)29-25(31)19-8-12-21(34-3)13-9-19/h4-16H,1-3H3,(H,27,28,30). The first kappa shape index (κ1) is 22.5. The average Bonchev–Trinajstić information content (AvgIpc) is 3.23. The summed E-state index contributed by atoms with van der Waals surface area (Å²) in [6.45, 7) is 3.58. The predicted octanol–water partition coefficient (Wildman–Crippen LogP) is 4.91. The Hall–Kier alpha value is -4.24. The first-order valence-electron chi connectivity index (χ1n) is 10.9. The van der Waals surface area contributed by atoms with Crippen LogP contribution in [-0.2, 0) is 10.0 Å². The normalized spacial score (nSPS) is 11.5. The van der Waals surface area contributed by atoms with Gasteiger partial charge in [-0.3, -0.25) is 4.57 Å². The van der Waals surface area contributed by atoms with E-state index < -0.39 is 10.0 Å². The number of benzene rings is 3. The second kappa shape index (κ2) is 8.84. The lowest BCUT2D eigenvalue weighted by atomic mass is 10.2. The van der Waals surface area contributed by atoms with E-state index >= 15 is 0 Å². The Morgan fingerprint density at radius 1 is 0.829 bits per heavy atom. The third kappa shape index (κ3) is 4.45. The summed E-state index contributed by atoms with van der Waals surface area (Å²) in [5, 5.41) is 0. The molecule has 0 aliphatic carbocycles. The van der Waals surface area contributed by atoms with Gasteiger partial charge >= 0.3 is 0 Å². The molecule has 5 rings (SSSR count). The van der Waals surface area contributed by atoms with Gasteiger partial charge in [0.2, 0.25) is 5.95 Å². The molecule has 1 N–H and O–H groups in total. The van der Waals surface area contributed by atoms with Gasteiger partial charge in [0.25, 0.3) is 10.0 Å². The summed E-state index contributed by atoms with van der Waals surface area (Å²) in [6.07, 6.45) is 0. The Morgan fingerprint density at radius 2 is 1.49 bits per heavy atom. The Bertz CT molecular complexity index is 1610. The van der Waals surface area contributed by atoms with E-state index in [9.17, 15) is 8.42 Å². The smallest absolute Gasteiger partial charge is 0.264 e. The molecule has 0 saturated heterocycles. The molecule has 0 bridgehead atoms. The number of hydrogen-bond donors (Lipinski definition) is 1. The van der Waals surface area contributed by atoms with Crippen molar-refractivity contribution < 1.29 is 13.2 Å². The molecule has 0 aliphatic rings. The van der Waals surface area contributed by atoms with Crippen molar-refractivity contribution in [3.8, 4) is 22.8 Å². The molecule has 9 heteroatoms. The van der Waals surface area contributed by atoms with E-state index in [4.69, 9.17) is 9.72 Å². The summed E-state index contributed by atoms with van der Waals surface area (Å²) in [5.41, 5.74) is 4.81. The number of hydrogen-bond acceptors (Lipinski definition) is 6. The van der Waals surface area contributed by atoms with Crippen LogP contribution in [0.1, 0.15) is 11.4 Å². The van der Waals surface area contributed by atoms with Crippen LogP contribution in [0.2, 0.25) is 0 Å². The zero-order valence-electron chi connectivity index (χ0n) is 19.4. The summed E-state index contributed by atoms with van der Waals surface area (Å²) in [7, 11) is -2.23. The third-order valence-electron chi connectivity index (χ3n) is 5.52. The van der Waals surface area contributed by atoms with E-state index in [1.54, 1.807) is 51.3 Å². The number of para-hydroxylation sites is 2. The van der Waals surface area contributed by atoms with Gasteiger partial charge in [0, 0.05) is 22.6 Å². The van der Waals surface area contributed by atoms with Crippen LogP contribution in [0.3, 0.4) is 0 Å². The number of rotatable bonds is 6. The fraction of sp³-hybridized carbons (Fsp3) is 0.115. The van der Waals surface area contributed by atoms with Gasteiger partial charge in [-0.15, -0.1) is 0 Å². The minimum atomic E-state index is -3.86. The van der Waals surface area contributed by atoms with Crippen molar-refractivity contribution in [3.63, 3.8) is 0 Å². The van der Waals surface area contributed by atoms with Crippen LogP contribution in [0.25, 0.3) is 28.1 Å². The highest BCUT2D eigenvalue weighted by Gasteiger charge is 2.18. The van der Waals surface area contributed by atoms with Gasteiger partial charge in [0.1, 0.15) is 11.6 Å². The fourth-order valence-electron chi connectivity index (χ4n) is 3.95. The van der Waals surface area contributed by atoms with E-state index in [-0.39, 0.29) is 10.8 Å². The Kier molecular flexibility index (Phi) is 5.70. The van der Waals surface area contributed by atoms with Gasteiger partial charge in [0.15, 0.2) is 0 Å². The molecule has 0 fully saturated rings. The Balaban J connectivity index is 1.54. The molecule has 35 heavy (non-hydrogen) atoms. The highest BCUT2D eigenvalue weighted by Crippen LogP contribution is 2.30. The number of aromatic nitrogens is 4. The summed E-state index contributed by atoms with van der Waals surface area (Å²) in [4.78, 5) is 13.3. The highest BCUT2D eigenvalue weighted by molar-refractivity contribution is 7.92. The molecule has 0 saturated carbocycles. The molecule has 5 aromatic rings. The molecule has 3 aromatic carbocycles. The van der Waals surface area contributed by atoms with Crippen molar-refractivity contribution in [1.82, 2.24) is 19.5 Å². The van der Waals surface area contributed by atoms with Gasteiger partial charge in [0.05, 0.1) is 23.0 Å². The SMILES string of the molecule is COc1ccc(-c2nc3ccccc3n2-c2ccc(S(=O)(=O)Nc3nc(C)cc(C)n3)cc2)cc1. The lowest BCUT2D eigenvalue weighted by Gasteiger charge is -2.12. The van der Waals surface area contributed by atoms with Crippen molar-refractivity contribution in [2.75, 3.05) is 11.8 Å². The van der Waals surface area contributed by atoms with E-state index in [0.29, 0.717) is 11.4 Å². The van der Waals surface area contributed by atoms with E-state index in [2.05, 4.69) is 14.7 Å². The molecule has 0 spiro atoms. The maximum absolute atomic E-state index is 13.0. The van der Waals surface area contributed by atoms with Gasteiger partial charge in [-0.25, -0.2) is 28.1 Å². The molecule has 2 heterocycles. The molecular weight excluding hydrogens is 462 g/mol. The van der Waals surface area contributed by atoms with Gasteiger partial charge in [-0.2, -0.15) is 0 Å². The summed E-state index contributed by atoms with van der Waals surface area (Å²) < 4.78 is 35.7. The van der Waals surface area contributed by atoms with Crippen molar-refractivity contribution in [2.24, 2.45) is 0 Å². The number of anilines is 1. The van der Waals surface area contributed by atoms with Gasteiger partial charge in [-0.1, -0.05) is 12.1 Å². The Morgan fingerprint density at radius 3 is 2.14 bits per heavy atom. The van der Waals surface area contributed by atoms with Gasteiger partial charge < -0.3 is 4.74 Å². The zero-order valence-corrected chi connectivity index (χ0v) is 20.2. The lowest BCUT2D eigenvalue weighted by Crippen LogP contribution is -2.15. The molecule has 176 valence electrons. The van der Waals surface area contributed by atoms with Crippen LogP contribution in [0, 0.1) is 13.8 Å². The van der Waals surface area contributed by atoms with Crippen molar-refractivity contribution >= 4 is 27.0 Å². The number of nitrogens with zero attached hydrogens (tertiary/aromatic N) is 4. The van der Waals surface area contributed by atoms with Crippen molar-refractivity contribution in [3.05, 3.63) is 90.3 Å². The van der Waals surface area contributed by atoms with E-state index in [1.165, 1.54) is 0 Å². The first-order valence-corrected chi connectivity index (χ1v) is 12.4. The molecule has 2 aromatic heterocycles. The highest BCUT2D eigenvalue weighted by atomic mass is 32.2. The van der Waals surface area contributed by atoms with Crippen LogP contribution in [0.4, 0.5) is 5.95 Å². The van der Waals surface area contributed by atoms with E-state index in [1.807, 2.05) is 53.1 Å². The average molecular weight is 486 g/mol. The number of methoxy groups -OCH3 is 1. The lowest BCUT2D eigenvalue weighted by molar-refractivity contribution is 0.415. The second-order valence-corrected chi connectivity index (χ2v) is 9.74. The number of fused-ring (bicyclic) bond motifs is 1. The summed E-state index contributed by atoms with van der Waals surface area (Å²) >= 11 is 0.